The van der Waals surface area contributed by atoms with Crippen LogP contribution >= 0.6 is 0 Å². The van der Waals surface area contributed by atoms with E-state index in [1.807, 2.05) is 18.2 Å². The maximum atomic E-state index is 6.22. The highest BCUT2D eigenvalue weighted by Crippen LogP contribution is 2.28. The van der Waals surface area contributed by atoms with Crippen LogP contribution in [0.3, 0.4) is 0 Å². The summed E-state index contributed by atoms with van der Waals surface area (Å²) in [4.78, 5) is 9.03. The topological polar surface area (TPSA) is 54.1 Å². The Labute approximate surface area is 140 Å². The molecule has 2 rings (SSSR count). The van der Waals surface area contributed by atoms with Gasteiger partial charge in [0.1, 0.15) is 5.75 Å². The van der Waals surface area contributed by atoms with Crippen molar-refractivity contribution in [1.29, 1.82) is 0 Å². The van der Waals surface area contributed by atoms with E-state index in [1.165, 1.54) is 12.8 Å². The summed E-state index contributed by atoms with van der Waals surface area (Å²) >= 11 is 0. The molecule has 0 amide bonds. The second kappa shape index (κ2) is 8.20. The van der Waals surface area contributed by atoms with Crippen molar-refractivity contribution in [2.75, 3.05) is 40.8 Å². The molecular formula is C18H30N4O. The third kappa shape index (κ3) is 4.61. The average Bonchev–Trinajstić information content (AvgIpc) is 2.55. The summed E-state index contributed by atoms with van der Waals surface area (Å²) in [6.45, 7) is 4.95. The molecule has 0 saturated carbocycles. The summed E-state index contributed by atoms with van der Waals surface area (Å²) in [6, 6.07) is 8.26. The van der Waals surface area contributed by atoms with Crippen molar-refractivity contribution in [2.24, 2.45) is 16.6 Å². The van der Waals surface area contributed by atoms with Crippen molar-refractivity contribution < 1.29 is 4.74 Å². The smallest absolute Gasteiger partial charge is 0.191 e. The second-order valence-corrected chi connectivity index (χ2v) is 6.59. The number of ether oxygens (including phenoxy) is 1. The van der Waals surface area contributed by atoms with Crippen LogP contribution in [0.5, 0.6) is 5.75 Å². The number of nitrogens with zero attached hydrogens (tertiary/aromatic N) is 3. The summed E-state index contributed by atoms with van der Waals surface area (Å²) in [5, 5.41) is 0. The monoisotopic (exact) mass is 318 g/mol. The fraction of sp³-hybridized carbons (Fsp3) is 0.611. The molecule has 1 aromatic carbocycles. The van der Waals surface area contributed by atoms with Crippen LogP contribution in [0.15, 0.2) is 29.3 Å². The highest BCUT2D eigenvalue weighted by Gasteiger charge is 2.20. The summed E-state index contributed by atoms with van der Waals surface area (Å²) in [7, 11) is 5.83. The SMILES string of the molecule is COc1ccccc1C(CN=C(N)N1CCC(C)CC1)N(C)C. The number of hydrogen-bond donors (Lipinski definition) is 1. The number of rotatable bonds is 5. The molecule has 1 saturated heterocycles. The van der Waals surface area contributed by atoms with Gasteiger partial charge in [0.15, 0.2) is 5.96 Å². The van der Waals surface area contributed by atoms with Gasteiger partial charge < -0.3 is 20.3 Å². The van der Waals surface area contributed by atoms with Crippen molar-refractivity contribution >= 4 is 5.96 Å². The molecule has 0 bridgehead atoms. The van der Waals surface area contributed by atoms with E-state index in [9.17, 15) is 0 Å². The van der Waals surface area contributed by atoms with Crippen LogP contribution in [0.1, 0.15) is 31.4 Å². The van der Waals surface area contributed by atoms with Crippen molar-refractivity contribution in [1.82, 2.24) is 9.80 Å². The van der Waals surface area contributed by atoms with E-state index < -0.39 is 0 Å². The molecule has 1 heterocycles. The van der Waals surface area contributed by atoms with Crippen LogP contribution in [0.4, 0.5) is 0 Å². The molecule has 1 aliphatic rings. The lowest BCUT2D eigenvalue weighted by atomic mass is 10.00. The lowest BCUT2D eigenvalue weighted by Crippen LogP contribution is -2.43. The fourth-order valence-electron chi connectivity index (χ4n) is 3.00. The molecule has 5 heteroatoms. The first-order valence-corrected chi connectivity index (χ1v) is 8.37. The zero-order chi connectivity index (χ0) is 16.8. The van der Waals surface area contributed by atoms with Gasteiger partial charge in [-0.15, -0.1) is 0 Å². The van der Waals surface area contributed by atoms with Crippen LogP contribution < -0.4 is 10.5 Å². The van der Waals surface area contributed by atoms with Crippen molar-refractivity contribution in [2.45, 2.75) is 25.8 Å². The Morgan fingerprint density at radius 3 is 2.61 bits per heavy atom. The largest absolute Gasteiger partial charge is 0.496 e. The first-order valence-electron chi connectivity index (χ1n) is 8.37. The molecule has 2 N–H and O–H groups in total. The number of nitrogens with two attached hydrogens (primary N) is 1. The third-order valence-corrected chi connectivity index (χ3v) is 4.66. The van der Waals surface area contributed by atoms with Gasteiger partial charge in [-0.3, -0.25) is 4.99 Å². The minimum Gasteiger partial charge on any atom is -0.496 e. The normalized spacial score (nSPS) is 18.3. The van der Waals surface area contributed by atoms with E-state index in [2.05, 4.69) is 41.9 Å². The number of piperidine rings is 1. The predicted octanol–water partition coefficient (Wildman–Crippen LogP) is 2.34. The molecule has 128 valence electrons. The number of likely N-dealkylation sites (N-methyl/N-ethyl adjacent to an activating group) is 1. The Balaban J connectivity index is 2.09. The number of likely N-dealkylation sites (tertiary alicyclic amines) is 1. The van der Waals surface area contributed by atoms with E-state index in [0.29, 0.717) is 12.5 Å². The minimum atomic E-state index is 0.147. The van der Waals surface area contributed by atoms with Gasteiger partial charge in [0.25, 0.3) is 0 Å². The highest BCUT2D eigenvalue weighted by molar-refractivity contribution is 5.78. The van der Waals surface area contributed by atoms with Crippen LogP contribution in [-0.4, -0.2) is 56.6 Å². The number of aliphatic imine (C=N–C) groups is 1. The van der Waals surface area contributed by atoms with Crippen LogP contribution in [-0.2, 0) is 0 Å². The van der Waals surface area contributed by atoms with E-state index in [4.69, 9.17) is 10.5 Å². The summed E-state index contributed by atoms with van der Waals surface area (Å²) in [5.41, 5.74) is 7.36. The molecule has 1 atom stereocenters. The van der Waals surface area contributed by atoms with Crippen molar-refractivity contribution in [3.05, 3.63) is 29.8 Å². The first kappa shape index (κ1) is 17.6. The van der Waals surface area contributed by atoms with Gasteiger partial charge in [-0.1, -0.05) is 25.1 Å². The lowest BCUT2D eigenvalue weighted by molar-refractivity contribution is 0.273. The van der Waals surface area contributed by atoms with E-state index in [-0.39, 0.29) is 6.04 Å². The molecule has 5 nitrogen and oxygen atoms in total. The van der Waals surface area contributed by atoms with E-state index in [0.717, 1.165) is 30.3 Å². The summed E-state index contributed by atoms with van der Waals surface area (Å²) < 4.78 is 5.49. The average molecular weight is 318 g/mol. The molecule has 1 aliphatic heterocycles. The molecule has 23 heavy (non-hydrogen) atoms. The number of benzene rings is 1. The highest BCUT2D eigenvalue weighted by atomic mass is 16.5. The zero-order valence-corrected chi connectivity index (χ0v) is 14.8. The molecule has 0 aliphatic carbocycles. The zero-order valence-electron chi connectivity index (χ0n) is 14.8. The van der Waals surface area contributed by atoms with Crippen LogP contribution in [0, 0.1) is 5.92 Å². The fourth-order valence-corrected chi connectivity index (χ4v) is 3.00. The standard InChI is InChI=1S/C18H30N4O/c1-14-9-11-22(12-10-14)18(19)20-13-16(21(2)3)15-7-5-6-8-17(15)23-4/h5-8,14,16H,9-13H2,1-4H3,(H2,19,20). The van der Waals surface area contributed by atoms with Crippen LogP contribution in [0.2, 0.25) is 0 Å². The third-order valence-electron chi connectivity index (χ3n) is 4.66. The van der Waals surface area contributed by atoms with Crippen molar-refractivity contribution in [3.8, 4) is 5.75 Å². The van der Waals surface area contributed by atoms with Crippen molar-refractivity contribution in [3.63, 3.8) is 0 Å². The molecule has 0 spiro atoms. The van der Waals surface area contributed by atoms with Gasteiger partial charge in [0.05, 0.1) is 19.7 Å². The Morgan fingerprint density at radius 2 is 2.00 bits per heavy atom. The van der Waals surface area contributed by atoms with Gasteiger partial charge in [-0.25, -0.2) is 0 Å². The second-order valence-electron chi connectivity index (χ2n) is 6.59. The molecule has 1 aromatic rings. The molecule has 0 radical (unpaired) electrons. The van der Waals surface area contributed by atoms with Gasteiger partial charge in [0.2, 0.25) is 0 Å². The number of methoxy groups -OCH3 is 1. The van der Waals surface area contributed by atoms with Gasteiger partial charge in [-0.05, 0) is 38.9 Å². The van der Waals surface area contributed by atoms with Gasteiger partial charge in [0, 0.05) is 18.7 Å². The van der Waals surface area contributed by atoms with Gasteiger partial charge in [-0.2, -0.15) is 0 Å². The van der Waals surface area contributed by atoms with Crippen LogP contribution in [0.25, 0.3) is 0 Å². The molecule has 0 aromatic heterocycles. The molecule has 1 fully saturated rings. The number of guanidine groups is 1. The Morgan fingerprint density at radius 1 is 1.35 bits per heavy atom. The Hall–Kier alpha value is -1.75. The Bertz CT molecular complexity index is 522. The minimum absolute atomic E-state index is 0.147. The number of para-hydroxylation sites is 1. The van der Waals surface area contributed by atoms with E-state index in [1.54, 1.807) is 7.11 Å². The van der Waals surface area contributed by atoms with E-state index >= 15 is 0 Å². The first-order chi connectivity index (χ1) is 11.0. The summed E-state index contributed by atoms with van der Waals surface area (Å²) in [5.74, 6) is 2.35. The molecular weight excluding hydrogens is 288 g/mol. The predicted molar refractivity (Wildman–Crippen MR) is 95.9 cm³/mol. The Kier molecular flexibility index (Phi) is 6.28. The number of hydrogen-bond acceptors (Lipinski definition) is 3. The van der Waals surface area contributed by atoms with Gasteiger partial charge >= 0.3 is 0 Å². The molecule has 1 unspecified atom stereocenters. The maximum absolute atomic E-state index is 6.22. The summed E-state index contributed by atoms with van der Waals surface area (Å²) in [6.07, 6.45) is 2.39. The maximum Gasteiger partial charge on any atom is 0.191 e. The lowest BCUT2D eigenvalue weighted by Gasteiger charge is -2.31. The quantitative estimate of drug-likeness (QED) is 0.669.